The van der Waals surface area contributed by atoms with Crippen LogP contribution < -0.4 is 15.0 Å². The van der Waals surface area contributed by atoms with Crippen LogP contribution in [0.3, 0.4) is 0 Å². The van der Waals surface area contributed by atoms with Crippen molar-refractivity contribution in [1.29, 1.82) is 0 Å². The van der Waals surface area contributed by atoms with Crippen molar-refractivity contribution in [2.24, 2.45) is 5.92 Å². The summed E-state index contributed by atoms with van der Waals surface area (Å²) in [5.41, 5.74) is 1.86. The number of ether oxygens (including phenoxy) is 1. The molecule has 0 radical (unpaired) electrons. The number of nitrogens with one attached hydrogen (secondary N) is 1. The molecule has 0 atom stereocenters. The van der Waals surface area contributed by atoms with Gasteiger partial charge in [0.2, 0.25) is 5.91 Å². The Morgan fingerprint density at radius 1 is 1.20 bits per heavy atom. The summed E-state index contributed by atoms with van der Waals surface area (Å²) in [6.07, 6.45) is 1.66. The number of hydrogen-bond acceptors (Lipinski definition) is 3. The van der Waals surface area contributed by atoms with E-state index in [1.54, 1.807) is 0 Å². The third-order valence-corrected chi connectivity index (χ3v) is 4.72. The van der Waals surface area contributed by atoms with E-state index in [-0.39, 0.29) is 11.8 Å². The zero-order valence-electron chi connectivity index (χ0n) is 14.4. The fraction of sp³-hybridized carbons (Fsp3) is 0.350. The largest absolute Gasteiger partial charge is 0.492 e. The molecule has 1 aliphatic heterocycles. The van der Waals surface area contributed by atoms with Crippen LogP contribution in [0.15, 0.2) is 48.5 Å². The standard InChI is InChI=1S/C20H23ClN2O2/c1-2-25-19-9-4-3-8-18(19)22-20(24)15-10-12-23(13-11-15)17-7-5-6-16(21)14-17/h3-9,14-15H,2,10-13H2,1H3,(H,22,24). The summed E-state index contributed by atoms with van der Waals surface area (Å²) in [6.45, 7) is 4.21. The second-order valence-electron chi connectivity index (χ2n) is 6.16. The number of carbonyl (C=O) groups excluding carboxylic acids is 1. The SMILES string of the molecule is CCOc1ccccc1NC(=O)C1CCN(c2cccc(Cl)c2)CC1. The van der Waals surface area contributed by atoms with E-state index in [0.717, 1.165) is 48.1 Å². The van der Waals surface area contributed by atoms with Gasteiger partial charge >= 0.3 is 0 Å². The third kappa shape index (κ3) is 4.45. The fourth-order valence-corrected chi connectivity index (χ4v) is 3.34. The van der Waals surface area contributed by atoms with E-state index in [1.165, 1.54) is 0 Å². The number of hydrogen-bond donors (Lipinski definition) is 1. The summed E-state index contributed by atoms with van der Waals surface area (Å²) >= 11 is 6.07. The molecule has 25 heavy (non-hydrogen) atoms. The lowest BCUT2D eigenvalue weighted by Crippen LogP contribution is -2.38. The Balaban J connectivity index is 1.59. The zero-order valence-corrected chi connectivity index (χ0v) is 15.1. The molecule has 0 bridgehead atoms. The molecule has 4 nitrogen and oxygen atoms in total. The van der Waals surface area contributed by atoms with Gasteiger partial charge < -0.3 is 15.0 Å². The van der Waals surface area contributed by atoms with E-state index in [4.69, 9.17) is 16.3 Å². The van der Waals surface area contributed by atoms with E-state index >= 15 is 0 Å². The van der Waals surface area contributed by atoms with Crippen molar-refractivity contribution < 1.29 is 9.53 Å². The van der Waals surface area contributed by atoms with Gasteiger partial charge in [0.15, 0.2) is 0 Å². The molecule has 0 unspecified atom stereocenters. The van der Waals surface area contributed by atoms with Crippen LogP contribution in [-0.2, 0) is 4.79 Å². The molecule has 1 amide bonds. The Morgan fingerprint density at radius 3 is 2.68 bits per heavy atom. The molecule has 2 aromatic rings. The zero-order chi connectivity index (χ0) is 17.6. The number of benzene rings is 2. The highest BCUT2D eigenvalue weighted by molar-refractivity contribution is 6.30. The monoisotopic (exact) mass is 358 g/mol. The van der Waals surface area contributed by atoms with Crippen LogP contribution in [0, 0.1) is 5.92 Å². The summed E-state index contributed by atoms with van der Waals surface area (Å²) < 4.78 is 5.58. The summed E-state index contributed by atoms with van der Waals surface area (Å²) in [7, 11) is 0. The number of carbonyl (C=O) groups is 1. The molecule has 1 heterocycles. The van der Waals surface area contributed by atoms with Gasteiger partial charge in [-0.1, -0.05) is 29.8 Å². The number of nitrogens with zero attached hydrogens (tertiary/aromatic N) is 1. The maximum absolute atomic E-state index is 12.6. The highest BCUT2D eigenvalue weighted by Gasteiger charge is 2.25. The smallest absolute Gasteiger partial charge is 0.227 e. The number of amides is 1. The first-order valence-corrected chi connectivity index (χ1v) is 9.08. The first-order valence-electron chi connectivity index (χ1n) is 8.70. The molecular formula is C20H23ClN2O2. The predicted molar refractivity (Wildman–Crippen MR) is 103 cm³/mol. The molecule has 0 spiro atoms. The molecule has 132 valence electrons. The summed E-state index contributed by atoms with van der Waals surface area (Å²) in [5.74, 6) is 0.803. The Morgan fingerprint density at radius 2 is 1.96 bits per heavy atom. The predicted octanol–water partition coefficient (Wildman–Crippen LogP) is 4.59. The van der Waals surface area contributed by atoms with E-state index < -0.39 is 0 Å². The molecule has 1 N–H and O–H groups in total. The van der Waals surface area contributed by atoms with Crippen LogP contribution in [0.2, 0.25) is 5.02 Å². The van der Waals surface area contributed by atoms with E-state index in [1.807, 2.05) is 49.4 Å². The first-order chi connectivity index (χ1) is 12.2. The quantitative estimate of drug-likeness (QED) is 0.849. The number of rotatable bonds is 5. The van der Waals surface area contributed by atoms with Crippen LogP contribution in [0.1, 0.15) is 19.8 Å². The minimum Gasteiger partial charge on any atom is -0.492 e. The highest BCUT2D eigenvalue weighted by atomic mass is 35.5. The van der Waals surface area contributed by atoms with Gasteiger partial charge in [-0.2, -0.15) is 0 Å². The molecule has 5 heteroatoms. The average Bonchev–Trinajstić information content (AvgIpc) is 2.64. The normalized spacial score (nSPS) is 15.0. The van der Waals surface area contributed by atoms with Crippen LogP contribution >= 0.6 is 11.6 Å². The van der Waals surface area contributed by atoms with Crippen molar-refractivity contribution in [3.05, 3.63) is 53.6 Å². The lowest BCUT2D eigenvalue weighted by molar-refractivity contribution is -0.120. The third-order valence-electron chi connectivity index (χ3n) is 4.48. The number of anilines is 2. The van der Waals surface area contributed by atoms with E-state index in [2.05, 4.69) is 16.3 Å². The minimum absolute atomic E-state index is 0.0186. The first kappa shape index (κ1) is 17.6. The van der Waals surface area contributed by atoms with Crippen LogP contribution in [0.4, 0.5) is 11.4 Å². The Labute approximate surface area is 153 Å². The maximum atomic E-state index is 12.6. The van der Waals surface area contributed by atoms with Crippen LogP contribution in [0.5, 0.6) is 5.75 Å². The Kier molecular flexibility index (Phi) is 5.82. The van der Waals surface area contributed by atoms with Gasteiger partial charge in [-0.15, -0.1) is 0 Å². The molecule has 0 aliphatic carbocycles. The van der Waals surface area contributed by atoms with Crippen molar-refractivity contribution in [3.63, 3.8) is 0 Å². The number of para-hydroxylation sites is 2. The van der Waals surface area contributed by atoms with E-state index in [0.29, 0.717) is 6.61 Å². The van der Waals surface area contributed by atoms with Crippen LogP contribution in [-0.4, -0.2) is 25.6 Å². The van der Waals surface area contributed by atoms with Crippen molar-refractivity contribution in [3.8, 4) is 5.75 Å². The van der Waals surface area contributed by atoms with Crippen molar-refractivity contribution in [1.82, 2.24) is 0 Å². The van der Waals surface area contributed by atoms with Gasteiger partial charge in [0.1, 0.15) is 5.75 Å². The lowest BCUT2D eigenvalue weighted by atomic mass is 9.95. The average molecular weight is 359 g/mol. The molecular weight excluding hydrogens is 336 g/mol. The molecule has 0 aromatic heterocycles. The Bertz CT molecular complexity index is 727. The second-order valence-corrected chi connectivity index (χ2v) is 6.60. The van der Waals surface area contributed by atoms with E-state index in [9.17, 15) is 4.79 Å². The van der Waals surface area contributed by atoms with Gasteiger partial charge in [0.25, 0.3) is 0 Å². The number of halogens is 1. The Hall–Kier alpha value is -2.20. The molecule has 1 saturated heterocycles. The second kappa shape index (κ2) is 8.26. The van der Waals surface area contributed by atoms with Gasteiger partial charge in [-0.05, 0) is 50.1 Å². The van der Waals surface area contributed by atoms with Crippen molar-refractivity contribution in [2.75, 3.05) is 29.9 Å². The van der Waals surface area contributed by atoms with Crippen molar-refractivity contribution >= 4 is 28.9 Å². The molecule has 2 aromatic carbocycles. The maximum Gasteiger partial charge on any atom is 0.227 e. The highest BCUT2D eigenvalue weighted by Crippen LogP contribution is 2.28. The number of piperidine rings is 1. The minimum atomic E-state index is 0.0186. The van der Waals surface area contributed by atoms with Gasteiger partial charge in [0.05, 0.1) is 12.3 Å². The van der Waals surface area contributed by atoms with Crippen LogP contribution in [0.25, 0.3) is 0 Å². The molecule has 3 rings (SSSR count). The summed E-state index contributed by atoms with van der Waals surface area (Å²) in [5, 5.41) is 3.77. The topological polar surface area (TPSA) is 41.6 Å². The molecule has 1 aliphatic rings. The lowest BCUT2D eigenvalue weighted by Gasteiger charge is -2.33. The fourth-order valence-electron chi connectivity index (χ4n) is 3.16. The van der Waals surface area contributed by atoms with Gasteiger partial charge in [0, 0.05) is 29.7 Å². The van der Waals surface area contributed by atoms with Crippen molar-refractivity contribution in [2.45, 2.75) is 19.8 Å². The molecule has 1 fully saturated rings. The van der Waals surface area contributed by atoms with Gasteiger partial charge in [-0.25, -0.2) is 0 Å². The summed E-state index contributed by atoms with van der Waals surface area (Å²) in [4.78, 5) is 14.9. The van der Waals surface area contributed by atoms with Gasteiger partial charge in [-0.3, -0.25) is 4.79 Å². The molecule has 0 saturated carbocycles. The summed E-state index contributed by atoms with van der Waals surface area (Å²) in [6, 6.07) is 15.4.